The first-order chi connectivity index (χ1) is 10.6. The van der Waals surface area contributed by atoms with Gasteiger partial charge >= 0.3 is 0 Å². The lowest BCUT2D eigenvalue weighted by molar-refractivity contribution is 0.0934. The molecule has 0 unspecified atom stereocenters. The summed E-state index contributed by atoms with van der Waals surface area (Å²) in [6.45, 7) is 0.452. The van der Waals surface area contributed by atoms with Gasteiger partial charge in [0.05, 0.1) is 12.3 Å². The predicted molar refractivity (Wildman–Crippen MR) is 82.7 cm³/mol. The molecule has 3 heterocycles. The molecule has 1 N–H and O–H groups in total. The largest absolute Gasteiger partial charge is 0.468 e. The number of amides is 1. The molecule has 0 saturated heterocycles. The molecule has 0 aliphatic heterocycles. The summed E-state index contributed by atoms with van der Waals surface area (Å²) in [6.07, 6.45) is 5.22. The molecule has 114 valence electrons. The summed E-state index contributed by atoms with van der Waals surface area (Å²) in [5.41, 5.74) is 1.16. The monoisotopic (exact) mass is 298 g/mol. The van der Waals surface area contributed by atoms with E-state index in [1.54, 1.807) is 12.5 Å². The van der Waals surface area contributed by atoms with Crippen molar-refractivity contribution in [2.24, 2.45) is 0 Å². The van der Waals surface area contributed by atoms with Gasteiger partial charge in [-0.3, -0.25) is 9.69 Å². The van der Waals surface area contributed by atoms with Crippen LogP contribution in [-0.2, 0) is 0 Å². The van der Waals surface area contributed by atoms with E-state index in [9.17, 15) is 4.79 Å². The molecule has 22 heavy (non-hydrogen) atoms. The van der Waals surface area contributed by atoms with E-state index in [0.717, 1.165) is 11.4 Å². The lowest BCUT2D eigenvalue weighted by Gasteiger charge is -2.22. The van der Waals surface area contributed by atoms with Crippen molar-refractivity contribution in [2.75, 3.05) is 20.6 Å². The van der Waals surface area contributed by atoms with Crippen LogP contribution in [0.5, 0.6) is 0 Å². The summed E-state index contributed by atoms with van der Waals surface area (Å²) in [7, 11) is 3.90. The zero-order chi connectivity index (χ0) is 15.5. The van der Waals surface area contributed by atoms with Crippen LogP contribution in [0.1, 0.15) is 22.3 Å². The number of hydrogen-bond acceptors (Lipinski definition) is 4. The first-order valence-electron chi connectivity index (χ1n) is 7.07. The van der Waals surface area contributed by atoms with Gasteiger partial charge in [0.15, 0.2) is 0 Å². The van der Waals surface area contributed by atoms with E-state index in [1.165, 1.54) is 0 Å². The fraction of sp³-hybridized carbons (Fsp3) is 0.250. The molecule has 0 bridgehead atoms. The van der Waals surface area contributed by atoms with Crippen molar-refractivity contribution >= 4 is 11.6 Å². The molecule has 0 radical (unpaired) electrons. The minimum Gasteiger partial charge on any atom is -0.468 e. The van der Waals surface area contributed by atoms with E-state index >= 15 is 0 Å². The maximum Gasteiger partial charge on any atom is 0.271 e. The Morgan fingerprint density at radius 3 is 2.91 bits per heavy atom. The Kier molecular flexibility index (Phi) is 3.93. The highest BCUT2D eigenvalue weighted by atomic mass is 16.3. The second kappa shape index (κ2) is 6.03. The molecule has 3 aromatic rings. The minimum absolute atomic E-state index is 0.0176. The van der Waals surface area contributed by atoms with Gasteiger partial charge in [0.25, 0.3) is 5.91 Å². The molecule has 3 aromatic heterocycles. The van der Waals surface area contributed by atoms with E-state index in [1.807, 2.05) is 59.9 Å². The van der Waals surface area contributed by atoms with E-state index in [0.29, 0.717) is 12.2 Å². The van der Waals surface area contributed by atoms with Crippen LogP contribution in [0.2, 0.25) is 0 Å². The number of nitrogens with one attached hydrogen (secondary N) is 1. The smallest absolute Gasteiger partial charge is 0.271 e. The number of imidazole rings is 1. The number of furan rings is 1. The molecule has 0 aliphatic carbocycles. The quantitative estimate of drug-likeness (QED) is 0.782. The third-order valence-corrected chi connectivity index (χ3v) is 3.55. The topological polar surface area (TPSA) is 62.8 Å². The third kappa shape index (κ3) is 2.87. The lowest BCUT2D eigenvalue weighted by atomic mass is 10.2. The fourth-order valence-corrected chi connectivity index (χ4v) is 2.34. The highest BCUT2D eigenvalue weighted by molar-refractivity contribution is 5.92. The van der Waals surface area contributed by atoms with Gasteiger partial charge in [-0.1, -0.05) is 6.07 Å². The molecular formula is C16H18N4O2. The van der Waals surface area contributed by atoms with Gasteiger partial charge in [0.1, 0.15) is 17.1 Å². The molecule has 0 fully saturated rings. The Morgan fingerprint density at radius 2 is 2.23 bits per heavy atom. The first kappa shape index (κ1) is 14.3. The van der Waals surface area contributed by atoms with Crippen molar-refractivity contribution in [1.29, 1.82) is 0 Å². The maximum atomic E-state index is 12.3. The minimum atomic E-state index is -0.192. The Morgan fingerprint density at radius 1 is 1.36 bits per heavy atom. The highest BCUT2D eigenvalue weighted by Gasteiger charge is 2.19. The van der Waals surface area contributed by atoms with E-state index in [-0.39, 0.29) is 11.9 Å². The van der Waals surface area contributed by atoms with Gasteiger partial charge in [-0.25, -0.2) is 4.98 Å². The average molecular weight is 298 g/mol. The molecular weight excluding hydrogens is 280 g/mol. The molecule has 1 atom stereocenters. The molecule has 6 nitrogen and oxygen atoms in total. The molecule has 0 saturated carbocycles. The van der Waals surface area contributed by atoms with Gasteiger partial charge in [0.2, 0.25) is 0 Å². The molecule has 0 spiro atoms. The number of carbonyl (C=O) groups excluding carboxylic acids is 1. The van der Waals surface area contributed by atoms with Crippen LogP contribution in [0.3, 0.4) is 0 Å². The number of carbonyl (C=O) groups is 1. The second-order valence-electron chi connectivity index (χ2n) is 5.30. The number of aromatic nitrogens is 2. The molecule has 6 heteroatoms. The van der Waals surface area contributed by atoms with Crippen molar-refractivity contribution in [3.63, 3.8) is 0 Å². The lowest BCUT2D eigenvalue weighted by Crippen LogP contribution is -2.34. The van der Waals surface area contributed by atoms with Crippen molar-refractivity contribution in [2.45, 2.75) is 6.04 Å². The third-order valence-electron chi connectivity index (χ3n) is 3.55. The number of pyridine rings is 1. The van der Waals surface area contributed by atoms with Crippen molar-refractivity contribution in [3.05, 3.63) is 60.4 Å². The average Bonchev–Trinajstić information content (AvgIpc) is 3.16. The summed E-state index contributed by atoms with van der Waals surface area (Å²) in [4.78, 5) is 18.6. The van der Waals surface area contributed by atoms with Gasteiger partial charge in [0, 0.05) is 18.9 Å². The van der Waals surface area contributed by atoms with E-state index < -0.39 is 0 Å². The zero-order valence-electron chi connectivity index (χ0n) is 12.6. The summed E-state index contributed by atoms with van der Waals surface area (Å²) in [6, 6.07) is 9.38. The second-order valence-corrected chi connectivity index (χ2v) is 5.30. The zero-order valence-corrected chi connectivity index (χ0v) is 12.6. The highest BCUT2D eigenvalue weighted by Crippen LogP contribution is 2.17. The number of rotatable bonds is 5. The van der Waals surface area contributed by atoms with Crippen LogP contribution in [0.25, 0.3) is 5.65 Å². The van der Waals surface area contributed by atoms with E-state index in [2.05, 4.69) is 10.3 Å². The summed E-state index contributed by atoms with van der Waals surface area (Å²) in [5, 5.41) is 2.91. The van der Waals surface area contributed by atoms with Crippen LogP contribution in [0.4, 0.5) is 0 Å². The Hall–Kier alpha value is -2.60. The van der Waals surface area contributed by atoms with E-state index in [4.69, 9.17) is 4.42 Å². The number of fused-ring (bicyclic) bond motifs is 1. The SMILES string of the molecule is CN(C)[C@@H](CNC(=O)c1cn2ccccc2n1)c1ccco1. The Balaban J connectivity index is 1.71. The Bertz CT molecular complexity index is 728. The standard InChI is InChI=1S/C16H18N4O2/c1-19(2)13(14-6-5-9-22-14)10-17-16(21)12-11-20-8-4-3-7-15(20)18-12/h3-9,11,13H,10H2,1-2H3,(H,17,21)/t13-/m0/s1. The molecule has 0 aromatic carbocycles. The van der Waals surface area contributed by atoms with Crippen LogP contribution in [0, 0.1) is 0 Å². The fourth-order valence-electron chi connectivity index (χ4n) is 2.34. The van der Waals surface area contributed by atoms with Gasteiger partial charge in [-0.15, -0.1) is 0 Å². The van der Waals surface area contributed by atoms with Gasteiger partial charge in [-0.05, 0) is 38.4 Å². The van der Waals surface area contributed by atoms with Crippen LogP contribution in [-0.4, -0.2) is 40.8 Å². The molecule has 0 aliphatic rings. The van der Waals surface area contributed by atoms with Gasteiger partial charge in [-0.2, -0.15) is 0 Å². The Labute approximate surface area is 128 Å². The summed E-state index contributed by atoms with van der Waals surface area (Å²) >= 11 is 0. The van der Waals surface area contributed by atoms with Crippen molar-refractivity contribution in [1.82, 2.24) is 19.6 Å². The number of hydrogen-bond donors (Lipinski definition) is 1. The first-order valence-corrected chi connectivity index (χ1v) is 7.07. The number of likely N-dealkylation sites (N-methyl/N-ethyl adjacent to an activating group) is 1. The van der Waals surface area contributed by atoms with Gasteiger partial charge < -0.3 is 14.1 Å². The summed E-state index contributed by atoms with van der Waals surface area (Å²) in [5.74, 6) is 0.627. The van der Waals surface area contributed by atoms with Crippen LogP contribution >= 0.6 is 0 Å². The van der Waals surface area contributed by atoms with Crippen molar-refractivity contribution < 1.29 is 9.21 Å². The van der Waals surface area contributed by atoms with Crippen LogP contribution < -0.4 is 5.32 Å². The number of nitrogens with zero attached hydrogens (tertiary/aromatic N) is 3. The summed E-state index contributed by atoms with van der Waals surface area (Å²) < 4.78 is 7.25. The normalized spacial score (nSPS) is 12.7. The maximum absolute atomic E-state index is 12.3. The van der Waals surface area contributed by atoms with Crippen LogP contribution in [0.15, 0.2) is 53.4 Å². The predicted octanol–water partition coefficient (Wildman–Crippen LogP) is 1.96. The molecule has 3 rings (SSSR count). The van der Waals surface area contributed by atoms with Crippen molar-refractivity contribution in [3.8, 4) is 0 Å². The molecule has 1 amide bonds.